The summed E-state index contributed by atoms with van der Waals surface area (Å²) in [6.07, 6.45) is 3.65. The molecule has 0 aliphatic carbocycles. The van der Waals surface area contributed by atoms with E-state index >= 15 is 0 Å². The predicted octanol–water partition coefficient (Wildman–Crippen LogP) is 2.28. The van der Waals surface area contributed by atoms with Gasteiger partial charge in [-0.2, -0.15) is 5.10 Å². The Labute approximate surface area is 108 Å². The summed E-state index contributed by atoms with van der Waals surface area (Å²) in [7, 11) is 1.98. The first-order valence-electron chi connectivity index (χ1n) is 6.22. The Kier molecular flexibility index (Phi) is 3.77. The number of hydrogen-bond acceptors (Lipinski definition) is 3. The lowest BCUT2D eigenvalue weighted by Gasteiger charge is -2.14. The van der Waals surface area contributed by atoms with Crippen molar-refractivity contribution < 1.29 is 0 Å². The van der Waals surface area contributed by atoms with Crippen LogP contribution >= 0.6 is 0 Å². The second-order valence-corrected chi connectivity index (χ2v) is 4.66. The van der Waals surface area contributed by atoms with E-state index in [0.717, 1.165) is 12.2 Å². The molecule has 0 aliphatic heterocycles. The van der Waals surface area contributed by atoms with Gasteiger partial charge in [0, 0.05) is 43.3 Å². The van der Waals surface area contributed by atoms with Gasteiger partial charge in [-0.25, -0.2) is 0 Å². The molecule has 0 amide bonds. The van der Waals surface area contributed by atoms with Crippen molar-refractivity contribution in [3.63, 3.8) is 0 Å². The third-order valence-corrected chi connectivity index (χ3v) is 3.45. The molecule has 2 rings (SSSR count). The summed E-state index contributed by atoms with van der Waals surface area (Å²) >= 11 is 0. The van der Waals surface area contributed by atoms with Crippen LogP contribution in [0.5, 0.6) is 0 Å². The van der Waals surface area contributed by atoms with Gasteiger partial charge in [-0.05, 0) is 38.5 Å². The molecule has 2 heterocycles. The number of pyridine rings is 1. The van der Waals surface area contributed by atoms with Crippen LogP contribution in [-0.2, 0) is 13.6 Å². The molecule has 0 bridgehead atoms. The van der Waals surface area contributed by atoms with Crippen molar-refractivity contribution in [2.45, 2.75) is 33.4 Å². The van der Waals surface area contributed by atoms with Crippen LogP contribution in [0.15, 0.2) is 24.5 Å². The summed E-state index contributed by atoms with van der Waals surface area (Å²) in [5, 5.41) is 7.96. The molecule has 1 unspecified atom stereocenters. The molecule has 0 saturated carbocycles. The van der Waals surface area contributed by atoms with Crippen LogP contribution in [-0.4, -0.2) is 14.8 Å². The van der Waals surface area contributed by atoms with Crippen LogP contribution < -0.4 is 5.32 Å². The first-order chi connectivity index (χ1) is 8.59. The fourth-order valence-corrected chi connectivity index (χ4v) is 2.10. The van der Waals surface area contributed by atoms with Gasteiger partial charge in [0.2, 0.25) is 0 Å². The number of aromatic nitrogens is 3. The van der Waals surface area contributed by atoms with E-state index in [1.165, 1.54) is 16.8 Å². The number of hydrogen-bond donors (Lipinski definition) is 1. The summed E-state index contributed by atoms with van der Waals surface area (Å²) in [6.45, 7) is 7.17. The molecule has 0 fully saturated rings. The van der Waals surface area contributed by atoms with Gasteiger partial charge in [0.15, 0.2) is 0 Å². The lowest BCUT2D eigenvalue weighted by Crippen LogP contribution is -2.18. The van der Waals surface area contributed by atoms with Crippen LogP contribution in [0.4, 0.5) is 0 Å². The molecule has 0 spiro atoms. The minimum atomic E-state index is 0.312. The van der Waals surface area contributed by atoms with Crippen LogP contribution in [0, 0.1) is 13.8 Å². The SMILES string of the molecule is Cc1nn(C)c(C)c1CNC(C)c1ccncc1. The number of aryl methyl sites for hydroxylation is 2. The first-order valence-corrected chi connectivity index (χ1v) is 6.22. The van der Waals surface area contributed by atoms with Crippen molar-refractivity contribution in [2.75, 3.05) is 0 Å². The normalized spacial score (nSPS) is 12.7. The minimum Gasteiger partial charge on any atom is -0.306 e. The van der Waals surface area contributed by atoms with E-state index in [1.54, 1.807) is 0 Å². The highest BCUT2D eigenvalue weighted by Crippen LogP contribution is 2.15. The highest BCUT2D eigenvalue weighted by molar-refractivity contribution is 5.24. The zero-order valence-corrected chi connectivity index (χ0v) is 11.4. The molecule has 96 valence electrons. The highest BCUT2D eigenvalue weighted by atomic mass is 15.3. The molecule has 0 aromatic carbocycles. The van der Waals surface area contributed by atoms with E-state index in [2.05, 4.69) is 36.2 Å². The standard InChI is InChI=1S/C14H20N4/c1-10(13-5-7-15-8-6-13)16-9-14-11(2)17-18(4)12(14)3/h5-8,10,16H,9H2,1-4H3. The Morgan fingerprint density at radius 1 is 1.28 bits per heavy atom. The van der Waals surface area contributed by atoms with Crippen molar-refractivity contribution >= 4 is 0 Å². The fraction of sp³-hybridized carbons (Fsp3) is 0.429. The topological polar surface area (TPSA) is 42.7 Å². The third kappa shape index (κ3) is 2.59. The quantitative estimate of drug-likeness (QED) is 0.897. The maximum Gasteiger partial charge on any atom is 0.0641 e. The van der Waals surface area contributed by atoms with E-state index < -0.39 is 0 Å². The molecule has 2 aromatic heterocycles. The smallest absolute Gasteiger partial charge is 0.0641 e. The monoisotopic (exact) mass is 244 g/mol. The summed E-state index contributed by atoms with van der Waals surface area (Å²) < 4.78 is 1.93. The fourth-order valence-electron chi connectivity index (χ4n) is 2.10. The van der Waals surface area contributed by atoms with E-state index in [4.69, 9.17) is 0 Å². The van der Waals surface area contributed by atoms with Crippen LogP contribution in [0.1, 0.15) is 35.5 Å². The summed E-state index contributed by atoms with van der Waals surface area (Å²) in [5.74, 6) is 0. The number of nitrogens with one attached hydrogen (secondary N) is 1. The molecule has 2 aromatic rings. The second kappa shape index (κ2) is 5.31. The average Bonchev–Trinajstić information content (AvgIpc) is 2.62. The van der Waals surface area contributed by atoms with Crippen molar-refractivity contribution in [1.82, 2.24) is 20.1 Å². The van der Waals surface area contributed by atoms with Crippen molar-refractivity contribution in [3.8, 4) is 0 Å². The zero-order chi connectivity index (χ0) is 13.1. The molecular formula is C14H20N4. The molecule has 18 heavy (non-hydrogen) atoms. The van der Waals surface area contributed by atoms with Crippen molar-refractivity contribution in [2.24, 2.45) is 7.05 Å². The molecule has 4 heteroatoms. The van der Waals surface area contributed by atoms with Gasteiger partial charge in [0.1, 0.15) is 0 Å². The van der Waals surface area contributed by atoms with Crippen LogP contribution in [0.3, 0.4) is 0 Å². The van der Waals surface area contributed by atoms with Crippen LogP contribution in [0.25, 0.3) is 0 Å². The Balaban J connectivity index is 2.04. The van der Waals surface area contributed by atoms with Gasteiger partial charge in [-0.15, -0.1) is 0 Å². The van der Waals surface area contributed by atoms with Crippen molar-refractivity contribution in [3.05, 3.63) is 47.0 Å². The summed E-state index contributed by atoms with van der Waals surface area (Å²) in [4.78, 5) is 4.04. The van der Waals surface area contributed by atoms with Gasteiger partial charge in [0.05, 0.1) is 5.69 Å². The molecule has 1 N–H and O–H groups in total. The molecule has 0 radical (unpaired) electrons. The Bertz CT molecular complexity index is 516. The zero-order valence-electron chi connectivity index (χ0n) is 11.4. The Morgan fingerprint density at radius 2 is 1.94 bits per heavy atom. The van der Waals surface area contributed by atoms with Gasteiger partial charge in [-0.3, -0.25) is 9.67 Å². The lowest BCUT2D eigenvalue weighted by atomic mass is 10.1. The molecule has 4 nitrogen and oxygen atoms in total. The van der Waals surface area contributed by atoms with Gasteiger partial charge >= 0.3 is 0 Å². The summed E-state index contributed by atoms with van der Waals surface area (Å²) in [6, 6.07) is 4.40. The van der Waals surface area contributed by atoms with Gasteiger partial charge in [0.25, 0.3) is 0 Å². The summed E-state index contributed by atoms with van der Waals surface area (Å²) in [5.41, 5.74) is 4.87. The Morgan fingerprint density at radius 3 is 2.50 bits per heavy atom. The van der Waals surface area contributed by atoms with E-state index in [0.29, 0.717) is 6.04 Å². The van der Waals surface area contributed by atoms with Crippen molar-refractivity contribution in [1.29, 1.82) is 0 Å². The molecule has 0 saturated heterocycles. The number of rotatable bonds is 4. The third-order valence-electron chi connectivity index (χ3n) is 3.45. The highest BCUT2D eigenvalue weighted by Gasteiger charge is 2.11. The first kappa shape index (κ1) is 12.8. The molecular weight excluding hydrogens is 224 g/mol. The maximum absolute atomic E-state index is 4.43. The van der Waals surface area contributed by atoms with Crippen LogP contribution in [0.2, 0.25) is 0 Å². The minimum absolute atomic E-state index is 0.312. The molecule has 1 atom stereocenters. The second-order valence-electron chi connectivity index (χ2n) is 4.66. The van der Waals surface area contributed by atoms with E-state index in [1.807, 2.05) is 36.3 Å². The average molecular weight is 244 g/mol. The van der Waals surface area contributed by atoms with E-state index in [-0.39, 0.29) is 0 Å². The van der Waals surface area contributed by atoms with E-state index in [9.17, 15) is 0 Å². The Hall–Kier alpha value is -1.68. The van der Waals surface area contributed by atoms with Gasteiger partial charge in [-0.1, -0.05) is 0 Å². The maximum atomic E-state index is 4.43. The largest absolute Gasteiger partial charge is 0.306 e. The lowest BCUT2D eigenvalue weighted by molar-refractivity contribution is 0.571. The predicted molar refractivity (Wildman–Crippen MR) is 72.2 cm³/mol. The number of nitrogens with zero attached hydrogens (tertiary/aromatic N) is 3. The molecule has 0 aliphatic rings. The van der Waals surface area contributed by atoms with Gasteiger partial charge < -0.3 is 5.32 Å².